The van der Waals surface area contributed by atoms with Crippen LogP contribution in [0.3, 0.4) is 0 Å². The first-order valence-corrected chi connectivity index (χ1v) is 8.49. The van der Waals surface area contributed by atoms with Crippen LogP contribution < -0.4 is 5.32 Å². The topological polar surface area (TPSA) is 29.9 Å². The Morgan fingerprint density at radius 1 is 1.24 bits per heavy atom. The first-order chi connectivity index (χ1) is 10.2. The molecule has 0 saturated carbocycles. The number of imidazole rings is 1. The number of hydrogen-bond donors (Lipinski definition) is 1. The van der Waals surface area contributed by atoms with Crippen LogP contribution in [0.15, 0.2) is 12.1 Å². The summed E-state index contributed by atoms with van der Waals surface area (Å²) >= 11 is 12.3. The summed E-state index contributed by atoms with van der Waals surface area (Å²) in [4.78, 5) is 4.77. The average Bonchev–Trinajstić information content (AvgIpc) is 2.79. The van der Waals surface area contributed by atoms with Gasteiger partial charge in [-0.25, -0.2) is 4.98 Å². The number of piperidine rings is 1. The van der Waals surface area contributed by atoms with E-state index in [1.807, 2.05) is 12.1 Å². The van der Waals surface area contributed by atoms with Gasteiger partial charge in [-0.05, 0) is 50.4 Å². The number of benzene rings is 1. The van der Waals surface area contributed by atoms with Crippen LogP contribution in [-0.4, -0.2) is 22.6 Å². The van der Waals surface area contributed by atoms with E-state index in [9.17, 15) is 0 Å². The molecule has 1 aliphatic heterocycles. The van der Waals surface area contributed by atoms with Gasteiger partial charge in [0.15, 0.2) is 0 Å². The van der Waals surface area contributed by atoms with Gasteiger partial charge in [-0.3, -0.25) is 0 Å². The van der Waals surface area contributed by atoms with Crippen LogP contribution in [0.1, 0.15) is 32.0 Å². The van der Waals surface area contributed by atoms with Crippen LogP contribution in [0, 0.1) is 5.92 Å². The van der Waals surface area contributed by atoms with Gasteiger partial charge in [0.1, 0.15) is 5.82 Å². The quantitative estimate of drug-likeness (QED) is 0.908. The molecule has 3 rings (SSSR count). The molecular weight excluding hydrogens is 305 g/mol. The van der Waals surface area contributed by atoms with E-state index in [1.165, 1.54) is 12.8 Å². The molecule has 1 aliphatic rings. The summed E-state index contributed by atoms with van der Waals surface area (Å²) in [5.74, 6) is 1.87. The summed E-state index contributed by atoms with van der Waals surface area (Å²) < 4.78 is 2.36. The average molecular weight is 326 g/mol. The van der Waals surface area contributed by atoms with Crippen LogP contribution in [-0.2, 0) is 13.0 Å². The Morgan fingerprint density at radius 3 is 2.67 bits per heavy atom. The molecular formula is C16H21Cl2N3. The lowest BCUT2D eigenvalue weighted by molar-refractivity contribution is 0.333. The second-order valence-electron chi connectivity index (χ2n) is 5.84. The van der Waals surface area contributed by atoms with Gasteiger partial charge in [-0.2, -0.15) is 0 Å². The van der Waals surface area contributed by atoms with Crippen molar-refractivity contribution in [3.05, 3.63) is 28.0 Å². The highest BCUT2D eigenvalue weighted by atomic mass is 35.5. The zero-order chi connectivity index (χ0) is 14.8. The highest BCUT2D eigenvalue weighted by Gasteiger charge is 2.18. The first kappa shape index (κ1) is 15.1. The third-order valence-corrected chi connectivity index (χ3v) is 4.96. The van der Waals surface area contributed by atoms with E-state index < -0.39 is 0 Å². The number of halogens is 2. The van der Waals surface area contributed by atoms with Crippen LogP contribution in [0.5, 0.6) is 0 Å². The summed E-state index contributed by atoms with van der Waals surface area (Å²) in [6.07, 6.45) is 4.55. The molecule has 0 atom stereocenters. The highest BCUT2D eigenvalue weighted by Crippen LogP contribution is 2.30. The van der Waals surface area contributed by atoms with Crippen molar-refractivity contribution in [2.24, 2.45) is 5.92 Å². The molecule has 0 spiro atoms. The first-order valence-electron chi connectivity index (χ1n) is 7.74. The number of fused-ring (bicyclic) bond motifs is 1. The standard InChI is InChI=1S/C16H21Cl2N3/c1-2-3-16-20-14-8-12(17)13(18)9-15(14)21(16)10-11-4-6-19-7-5-11/h8-9,11,19H,2-7,10H2,1H3. The fraction of sp³-hybridized carbons (Fsp3) is 0.562. The largest absolute Gasteiger partial charge is 0.328 e. The number of hydrogen-bond acceptors (Lipinski definition) is 2. The Bertz CT molecular complexity index is 630. The normalized spacial score (nSPS) is 16.7. The Labute approximate surface area is 135 Å². The van der Waals surface area contributed by atoms with E-state index >= 15 is 0 Å². The maximum Gasteiger partial charge on any atom is 0.109 e. The summed E-state index contributed by atoms with van der Waals surface area (Å²) in [6, 6.07) is 3.85. The Morgan fingerprint density at radius 2 is 1.95 bits per heavy atom. The van der Waals surface area contributed by atoms with E-state index in [-0.39, 0.29) is 0 Å². The minimum atomic E-state index is 0.582. The molecule has 21 heavy (non-hydrogen) atoms. The second kappa shape index (κ2) is 6.55. The maximum absolute atomic E-state index is 6.21. The van der Waals surface area contributed by atoms with E-state index in [4.69, 9.17) is 28.2 Å². The SMILES string of the molecule is CCCc1nc2cc(Cl)c(Cl)cc2n1CC1CCNCC1. The van der Waals surface area contributed by atoms with E-state index in [1.54, 1.807) is 0 Å². The van der Waals surface area contributed by atoms with Gasteiger partial charge in [0.05, 0.1) is 21.1 Å². The third kappa shape index (κ3) is 3.20. The van der Waals surface area contributed by atoms with E-state index in [0.717, 1.165) is 49.3 Å². The molecule has 5 heteroatoms. The number of nitrogens with one attached hydrogen (secondary N) is 1. The van der Waals surface area contributed by atoms with Gasteiger partial charge in [-0.1, -0.05) is 30.1 Å². The number of aromatic nitrogens is 2. The van der Waals surface area contributed by atoms with Crippen molar-refractivity contribution in [1.29, 1.82) is 0 Å². The Kier molecular flexibility index (Phi) is 4.72. The number of aryl methyl sites for hydroxylation is 1. The minimum Gasteiger partial charge on any atom is -0.328 e. The van der Waals surface area contributed by atoms with Crippen LogP contribution in [0.4, 0.5) is 0 Å². The summed E-state index contributed by atoms with van der Waals surface area (Å²) in [5, 5.41) is 4.62. The van der Waals surface area contributed by atoms with Crippen molar-refractivity contribution in [2.45, 2.75) is 39.2 Å². The van der Waals surface area contributed by atoms with Crippen molar-refractivity contribution >= 4 is 34.2 Å². The lowest BCUT2D eigenvalue weighted by atomic mass is 9.98. The minimum absolute atomic E-state index is 0.582. The molecule has 0 unspecified atom stereocenters. The van der Waals surface area contributed by atoms with Crippen molar-refractivity contribution in [2.75, 3.05) is 13.1 Å². The van der Waals surface area contributed by atoms with Gasteiger partial charge in [0.25, 0.3) is 0 Å². The summed E-state index contributed by atoms with van der Waals surface area (Å²) in [5.41, 5.74) is 2.08. The second-order valence-corrected chi connectivity index (χ2v) is 6.65. The molecule has 3 nitrogen and oxygen atoms in total. The molecule has 1 saturated heterocycles. The van der Waals surface area contributed by atoms with E-state index in [0.29, 0.717) is 16.0 Å². The predicted molar refractivity (Wildman–Crippen MR) is 89.3 cm³/mol. The van der Waals surface area contributed by atoms with Gasteiger partial charge >= 0.3 is 0 Å². The molecule has 0 aliphatic carbocycles. The summed E-state index contributed by atoms with van der Waals surface area (Å²) in [7, 11) is 0. The highest BCUT2D eigenvalue weighted by molar-refractivity contribution is 6.42. The zero-order valence-corrected chi connectivity index (χ0v) is 13.8. The van der Waals surface area contributed by atoms with Gasteiger partial charge < -0.3 is 9.88 Å². The molecule has 1 aromatic heterocycles. The van der Waals surface area contributed by atoms with Gasteiger partial charge in [0, 0.05) is 13.0 Å². The zero-order valence-electron chi connectivity index (χ0n) is 12.3. The van der Waals surface area contributed by atoms with Crippen LogP contribution >= 0.6 is 23.2 Å². The maximum atomic E-state index is 6.21. The van der Waals surface area contributed by atoms with Crippen LogP contribution in [0.2, 0.25) is 10.0 Å². The lowest BCUT2D eigenvalue weighted by Crippen LogP contribution is -2.30. The van der Waals surface area contributed by atoms with Crippen molar-refractivity contribution in [3.8, 4) is 0 Å². The third-order valence-electron chi connectivity index (χ3n) is 4.24. The molecule has 1 fully saturated rings. The molecule has 1 N–H and O–H groups in total. The molecule has 114 valence electrons. The lowest BCUT2D eigenvalue weighted by Gasteiger charge is -2.24. The molecule has 0 bridgehead atoms. The predicted octanol–water partition coefficient (Wildman–Crippen LogP) is 4.30. The fourth-order valence-corrected chi connectivity index (χ4v) is 3.43. The van der Waals surface area contributed by atoms with Crippen LogP contribution in [0.25, 0.3) is 11.0 Å². The number of rotatable bonds is 4. The van der Waals surface area contributed by atoms with Gasteiger partial charge in [-0.15, -0.1) is 0 Å². The number of nitrogens with zero attached hydrogens (tertiary/aromatic N) is 2. The summed E-state index contributed by atoms with van der Waals surface area (Å²) in [6.45, 7) is 5.46. The molecule has 2 heterocycles. The molecule has 0 radical (unpaired) electrons. The van der Waals surface area contributed by atoms with Crippen molar-refractivity contribution < 1.29 is 0 Å². The van der Waals surface area contributed by atoms with Crippen molar-refractivity contribution in [3.63, 3.8) is 0 Å². The van der Waals surface area contributed by atoms with E-state index in [2.05, 4.69) is 16.8 Å². The van der Waals surface area contributed by atoms with Crippen molar-refractivity contribution in [1.82, 2.24) is 14.9 Å². The molecule has 0 amide bonds. The monoisotopic (exact) mass is 325 g/mol. The van der Waals surface area contributed by atoms with Gasteiger partial charge in [0.2, 0.25) is 0 Å². The Balaban J connectivity index is 2.00. The smallest absolute Gasteiger partial charge is 0.109 e. The molecule has 2 aromatic rings. The Hall–Kier alpha value is -0.770. The fourth-order valence-electron chi connectivity index (χ4n) is 3.11. The molecule has 1 aromatic carbocycles.